The summed E-state index contributed by atoms with van der Waals surface area (Å²) in [7, 11) is 0. The van der Waals surface area contributed by atoms with Gasteiger partial charge in [-0.2, -0.15) is 0 Å². The van der Waals surface area contributed by atoms with Crippen molar-refractivity contribution in [1.29, 1.82) is 0 Å². The Morgan fingerprint density at radius 2 is 2.00 bits per heavy atom. The van der Waals surface area contributed by atoms with E-state index in [9.17, 15) is 15.2 Å². The number of aliphatic imine (C=N–C) groups is 1. The number of benzene rings is 2. The van der Waals surface area contributed by atoms with Crippen molar-refractivity contribution < 1.29 is 14.8 Å². The van der Waals surface area contributed by atoms with Gasteiger partial charge in [-0.1, -0.05) is 0 Å². The van der Waals surface area contributed by atoms with Crippen molar-refractivity contribution >= 4 is 17.6 Å². The van der Waals surface area contributed by atoms with Crippen molar-refractivity contribution in [2.45, 2.75) is 6.92 Å². The summed E-state index contributed by atoms with van der Waals surface area (Å²) < 4.78 is 5.32. The molecule has 0 radical (unpaired) electrons. The maximum absolute atomic E-state index is 10.7. The van der Waals surface area contributed by atoms with E-state index in [1.165, 1.54) is 24.4 Å². The molecule has 0 saturated carbocycles. The molecule has 0 heterocycles. The molecule has 108 valence electrons. The summed E-state index contributed by atoms with van der Waals surface area (Å²) in [6.07, 6.45) is 1.39. The summed E-state index contributed by atoms with van der Waals surface area (Å²) >= 11 is 0. The van der Waals surface area contributed by atoms with Gasteiger partial charge in [0.05, 0.1) is 17.2 Å². The predicted molar refractivity (Wildman–Crippen MR) is 79.6 cm³/mol. The molecule has 2 aromatic carbocycles. The highest BCUT2D eigenvalue weighted by Gasteiger charge is 2.08. The van der Waals surface area contributed by atoms with Crippen LogP contribution in [0.15, 0.2) is 47.5 Å². The SMILES string of the molecule is CCOc1ccc(N=Cc2cc([N+](=O)[O-])ccc2O)cc1. The molecule has 6 heteroatoms. The van der Waals surface area contributed by atoms with Crippen LogP contribution in [0.25, 0.3) is 0 Å². The number of ether oxygens (including phenoxy) is 1. The number of nitro benzene ring substituents is 1. The molecular weight excluding hydrogens is 272 g/mol. The number of hydrogen-bond acceptors (Lipinski definition) is 5. The lowest BCUT2D eigenvalue weighted by Gasteiger charge is -2.02. The van der Waals surface area contributed by atoms with Crippen LogP contribution in [0.2, 0.25) is 0 Å². The van der Waals surface area contributed by atoms with E-state index >= 15 is 0 Å². The second-order valence-electron chi connectivity index (χ2n) is 4.19. The normalized spacial score (nSPS) is 10.7. The lowest BCUT2D eigenvalue weighted by Crippen LogP contribution is -1.91. The molecule has 0 atom stereocenters. The quantitative estimate of drug-likeness (QED) is 0.518. The highest BCUT2D eigenvalue weighted by Crippen LogP contribution is 2.23. The van der Waals surface area contributed by atoms with Crippen molar-refractivity contribution in [3.8, 4) is 11.5 Å². The fourth-order valence-corrected chi connectivity index (χ4v) is 1.70. The van der Waals surface area contributed by atoms with Crippen LogP contribution in [0.1, 0.15) is 12.5 Å². The summed E-state index contributed by atoms with van der Waals surface area (Å²) in [5.41, 5.74) is 0.850. The van der Waals surface area contributed by atoms with Gasteiger partial charge in [-0.15, -0.1) is 0 Å². The van der Waals surface area contributed by atoms with E-state index in [2.05, 4.69) is 4.99 Å². The molecule has 2 rings (SSSR count). The number of nitrogens with zero attached hydrogens (tertiary/aromatic N) is 2. The Morgan fingerprint density at radius 3 is 2.62 bits per heavy atom. The van der Waals surface area contributed by atoms with Crippen molar-refractivity contribution in [2.24, 2.45) is 4.99 Å². The van der Waals surface area contributed by atoms with Crippen LogP contribution in [-0.2, 0) is 0 Å². The fourth-order valence-electron chi connectivity index (χ4n) is 1.70. The van der Waals surface area contributed by atoms with Crippen molar-refractivity contribution in [2.75, 3.05) is 6.61 Å². The second kappa shape index (κ2) is 6.51. The van der Waals surface area contributed by atoms with Gasteiger partial charge in [0.2, 0.25) is 0 Å². The minimum Gasteiger partial charge on any atom is -0.507 e. The van der Waals surface area contributed by atoms with Gasteiger partial charge >= 0.3 is 0 Å². The number of phenolic OH excluding ortho intramolecular Hbond substituents is 1. The Bertz CT molecular complexity index is 666. The Morgan fingerprint density at radius 1 is 1.29 bits per heavy atom. The zero-order chi connectivity index (χ0) is 15.2. The minimum absolute atomic E-state index is 0.0599. The zero-order valence-corrected chi connectivity index (χ0v) is 11.4. The molecule has 6 nitrogen and oxygen atoms in total. The molecule has 0 aliphatic carbocycles. The van der Waals surface area contributed by atoms with Crippen LogP contribution in [0, 0.1) is 10.1 Å². The van der Waals surface area contributed by atoms with Crippen LogP contribution < -0.4 is 4.74 Å². The fraction of sp³-hybridized carbons (Fsp3) is 0.133. The third kappa shape index (κ3) is 3.79. The number of hydrogen-bond donors (Lipinski definition) is 1. The van der Waals surface area contributed by atoms with Crippen LogP contribution >= 0.6 is 0 Å². The van der Waals surface area contributed by atoms with E-state index in [1.54, 1.807) is 24.3 Å². The molecule has 0 spiro atoms. The van der Waals surface area contributed by atoms with Gasteiger partial charge in [-0.25, -0.2) is 0 Å². The molecule has 0 fully saturated rings. The van der Waals surface area contributed by atoms with Gasteiger partial charge in [-0.05, 0) is 37.3 Å². The Balaban J connectivity index is 2.20. The monoisotopic (exact) mass is 286 g/mol. The summed E-state index contributed by atoms with van der Waals surface area (Å²) in [6, 6.07) is 10.9. The van der Waals surface area contributed by atoms with Gasteiger partial charge in [0, 0.05) is 23.9 Å². The number of non-ortho nitro benzene ring substituents is 1. The molecule has 2 aromatic rings. The number of aromatic hydroxyl groups is 1. The minimum atomic E-state index is -0.520. The van der Waals surface area contributed by atoms with E-state index in [-0.39, 0.29) is 17.0 Å². The van der Waals surface area contributed by atoms with Crippen LogP contribution in [0.4, 0.5) is 11.4 Å². The first-order chi connectivity index (χ1) is 10.1. The average molecular weight is 286 g/mol. The first-order valence-corrected chi connectivity index (χ1v) is 6.34. The molecule has 0 aliphatic heterocycles. The van der Waals surface area contributed by atoms with E-state index in [1.807, 2.05) is 6.92 Å². The Hall–Kier alpha value is -2.89. The maximum Gasteiger partial charge on any atom is 0.270 e. The lowest BCUT2D eigenvalue weighted by molar-refractivity contribution is -0.384. The maximum atomic E-state index is 10.7. The van der Waals surface area contributed by atoms with E-state index < -0.39 is 4.92 Å². The van der Waals surface area contributed by atoms with Crippen molar-refractivity contribution in [1.82, 2.24) is 0 Å². The number of rotatable bonds is 5. The van der Waals surface area contributed by atoms with Gasteiger partial charge < -0.3 is 9.84 Å². The Labute approximate surface area is 121 Å². The standard InChI is InChI=1S/C15H14N2O4/c1-2-21-14-6-3-12(4-7-14)16-10-11-9-13(17(19)20)5-8-15(11)18/h3-10,18H,2H2,1H3. The molecule has 0 unspecified atom stereocenters. The number of nitro groups is 1. The lowest BCUT2D eigenvalue weighted by atomic mass is 10.2. The molecule has 0 bridgehead atoms. The Kier molecular flexibility index (Phi) is 4.50. The van der Waals surface area contributed by atoms with E-state index in [0.29, 0.717) is 12.3 Å². The van der Waals surface area contributed by atoms with E-state index in [4.69, 9.17) is 4.74 Å². The first-order valence-electron chi connectivity index (χ1n) is 6.34. The van der Waals surface area contributed by atoms with Gasteiger partial charge in [0.1, 0.15) is 11.5 Å². The van der Waals surface area contributed by atoms with Gasteiger partial charge in [0.15, 0.2) is 0 Å². The molecule has 0 amide bonds. The number of phenols is 1. The zero-order valence-electron chi connectivity index (χ0n) is 11.4. The summed E-state index contributed by atoms with van der Waals surface area (Å²) in [5.74, 6) is 0.685. The van der Waals surface area contributed by atoms with Crippen LogP contribution in [0.5, 0.6) is 11.5 Å². The molecule has 0 aliphatic rings. The summed E-state index contributed by atoms with van der Waals surface area (Å²) in [6.45, 7) is 2.49. The molecular formula is C15H14N2O4. The molecule has 1 N–H and O–H groups in total. The summed E-state index contributed by atoms with van der Waals surface area (Å²) in [4.78, 5) is 14.4. The van der Waals surface area contributed by atoms with Gasteiger partial charge in [0.25, 0.3) is 5.69 Å². The smallest absolute Gasteiger partial charge is 0.270 e. The largest absolute Gasteiger partial charge is 0.507 e. The van der Waals surface area contributed by atoms with Crippen LogP contribution in [0.3, 0.4) is 0 Å². The third-order valence-corrected chi connectivity index (χ3v) is 2.72. The van der Waals surface area contributed by atoms with Crippen molar-refractivity contribution in [3.63, 3.8) is 0 Å². The highest BCUT2D eigenvalue weighted by atomic mass is 16.6. The highest BCUT2D eigenvalue weighted by molar-refractivity contribution is 5.86. The first kappa shape index (κ1) is 14.5. The van der Waals surface area contributed by atoms with Crippen molar-refractivity contribution in [3.05, 3.63) is 58.1 Å². The molecule has 0 saturated heterocycles. The van der Waals surface area contributed by atoms with Gasteiger partial charge in [-0.3, -0.25) is 15.1 Å². The van der Waals surface area contributed by atoms with E-state index in [0.717, 1.165) is 5.75 Å². The molecule has 21 heavy (non-hydrogen) atoms. The summed E-state index contributed by atoms with van der Waals surface area (Å²) in [5, 5.41) is 20.4. The molecule has 0 aromatic heterocycles. The third-order valence-electron chi connectivity index (χ3n) is 2.72. The topological polar surface area (TPSA) is 85.0 Å². The average Bonchev–Trinajstić information content (AvgIpc) is 2.48. The predicted octanol–water partition coefficient (Wildman–Crippen LogP) is 3.45. The second-order valence-corrected chi connectivity index (χ2v) is 4.19. The van der Waals surface area contributed by atoms with Crippen LogP contribution in [-0.4, -0.2) is 22.9 Å².